The van der Waals surface area contributed by atoms with Crippen molar-refractivity contribution < 1.29 is 0 Å². The van der Waals surface area contributed by atoms with Crippen molar-refractivity contribution in [1.82, 2.24) is 4.98 Å². The number of aryl methyl sites for hydroxylation is 1. The minimum Gasteiger partial charge on any atom is -0.397 e. The van der Waals surface area contributed by atoms with E-state index in [1.807, 2.05) is 19.1 Å². The van der Waals surface area contributed by atoms with Crippen LogP contribution in [0, 0.1) is 6.92 Å². The fourth-order valence-electron chi connectivity index (χ4n) is 1.99. The number of nitrogens with zero attached hydrogens (tertiary/aromatic N) is 1. The molecule has 0 amide bonds. The van der Waals surface area contributed by atoms with Gasteiger partial charge in [-0.15, -0.1) is 0 Å². The van der Waals surface area contributed by atoms with Crippen molar-refractivity contribution in [3.05, 3.63) is 29.5 Å². The molecule has 3 heteroatoms. The number of hydrogen-bond acceptors (Lipinski definition) is 3. The Hall–Kier alpha value is -1.51. The maximum Gasteiger partial charge on any atom is 0.126 e. The van der Waals surface area contributed by atoms with E-state index in [-0.39, 0.29) is 0 Å². The summed E-state index contributed by atoms with van der Waals surface area (Å²) in [6.07, 6.45) is 7.35. The van der Waals surface area contributed by atoms with Gasteiger partial charge in [0.2, 0.25) is 0 Å². The standard InChI is InChI=1S/C13H19N3/c1-10-12(14)6-7-13(16-10)15-9-8-11-4-2-3-5-11/h4,6-7H,2-3,5,8-9,14H2,1H3,(H,15,16). The molecule has 2 rings (SSSR count). The van der Waals surface area contributed by atoms with Crippen molar-refractivity contribution in [2.24, 2.45) is 0 Å². The Kier molecular flexibility index (Phi) is 3.44. The van der Waals surface area contributed by atoms with Crippen LogP contribution in [0.4, 0.5) is 11.5 Å². The van der Waals surface area contributed by atoms with Crippen LogP contribution in [0.25, 0.3) is 0 Å². The van der Waals surface area contributed by atoms with Crippen molar-refractivity contribution in [3.63, 3.8) is 0 Å². The third-order valence-electron chi connectivity index (χ3n) is 3.01. The second-order valence-electron chi connectivity index (χ2n) is 4.30. The number of pyridine rings is 1. The SMILES string of the molecule is Cc1nc(NCCC2=CCCC2)ccc1N. The lowest BCUT2D eigenvalue weighted by atomic mass is 10.2. The van der Waals surface area contributed by atoms with Crippen LogP contribution in [0.15, 0.2) is 23.8 Å². The minimum atomic E-state index is 0.754. The third-order valence-corrected chi connectivity index (χ3v) is 3.01. The Balaban J connectivity index is 1.82. The van der Waals surface area contributed by atoms with E-state index in [0.29, 0.717) is 0 Å². The molecule has 3 N–H and O–H groups in total. The lowest BCUT2D eigenvalue weighted by Gasteiger charge is -2.07. The molecular weight excluding hydrogens is 198 g/mol. The first-order valence-corrected chi connectivity index (χ1v) is 5.90. The van der Waals surface area contributed by atoms with Crippen molar-refractivity contribution in [3.8, 4) is 0 Å². The van der Waals surface area contributed by atoms with Crippen LogP contribution >= 0.6 is 0 Å². The van der Waals surface area contributed by atoms with Gasteiger partial charge in [-0.3, -0.25) is 0 Å². The van der Waals surface area contributed by atoms with Gasteiger partial charge >= 0.3 is 0 Å². The molecule has 1 aromatic rings. The topological polar surface area (TPSA) is 50.9 Å². The number of aromatic nitrogens is 1. The predicted octanol–water partition coefficient (Wildman–Crippen LogP) is 2.88. The average molecular weight is 217 g/mol. The smallest absolute Gasteiger partial charge is 0.126 e. The second-order valence-corrected chi connectivity index (χ2v) is 4.30. The highest BCUT2D eigenvalue weighted by Gasteiger charge is 2.04. The highest BCUT2D eigenvalue weighted by Crippen LogP contribution is 2.20. The summed E-state index contributed by atoms with van der Waals surface area (Å²) in [7, 11) is 0. The molecule has 0 saturated carbocycles. The lowest BCUT2D eigenvalue weighted by molar-refractivity contribution is 0.861. The molecule has 0 radical (unpaired) electrons. The third kappa shape index (κ3) is 2.75. The largest absolute Gasteiger partial charge is 0.397 e. The van der Waals surface area contributed by atoms with E-state index in [1.54, 1.807) is 5.57 Å². The first-order chi connectivity index (χ1) is 7.75. The van der Waals surface area contributed by atoms with Crippen molar-refractivity contribution in [2.75, 3.05) is 17.6 Å². The molecule has 16 heavy (non-hydrogen) atoms. The molecule has 1 heterocycles. The zero-order valence-corrected chi connectivity index (χ0v) is 9.79. The molecule has 3 nitrogen and oxygen atoms in total. The maximum atomic E-state index is 5.72. The minimum absolute atomic E-state index is 0.754. The molecule has 0 bridgehead atoms. The zero-order valence-electron chi connectivity index (χ0n) is 9.79. The summed E-state index contributed by atoms with van der Waals surface area (Å²) in [5.74, 6) is 0.922. The molecule has 0 spiro atoms. The molecular formula is C13H19N3. The van der Waals surface area contributed by atoms with Crippen LogP contribution in [-0.2, 0) is 0 Å². The first kappa shape index (κ1) is 11.0. The molecule has 86 valence electrons. The van der Waals surface area contributed by atoms with E-state index >= 15 is 0 Å². The van der Waals surface area contributed by atoms with Gasteiger partial charge in [0.25, 0.3) is 0 Å². The Labute approximate surface area is 96.8 Å². The number of nitrogens with one attached hydrogen (secondary N) is 1. The van der Waals surface area contributed by atoms with Gasteiger partial charge in [-0.1, -0.05) is 11.6 Å². The van der Waals surface area contributed by atoms with Crippen molar-refractivity contribution >= 4 is 11.5 Å². The lowest BCUT2D eigenvalue weighted by Crippen LogP contribution is -2.05. The fourth-order valence-corrected chi connectivity index (χ4v) is 1.99. The number of rotatable bonds is 4. The number of nitrogen functional groups attached to an aromatic ring is 1. The number of nitrogens with two attached hydrogens (primary N) is 1. The van der Waals surface area contributed by atoms with E-state index in [2.05, 4.69) is 16.4 Å². The monoisotopic (exact) mass is 217 g/mol. The van der Waals surface area contributed by atoms with Gasteiger partial charge < -0.3 is 11.1 Å². The average Bonchev–Trinajstić information content (AvgIpc) is 2.76. The van der Waals surface area contributed by atoms with Crippen LogP contribution in [0.3, 0.4) is 0 Å². The second kappa shape index (κ2) is 5.01. The molecule has 1 aromatic heterocycles. The van der Waals surface area contributed by atoms with Gasteiger partial charge in [0, 0.05) is 6.54 Å². The van der Waals surface area contributed by atoms with Crippen LogP contribution < -0.4 is 11.1 Å². The summed E-state index contributed by atoms with van der Waals surface area (Å²) < 4.78 is 0. The van der Waals surface area contributed by atoms with E-state index in [1.165, 1.54) is 19.3 Å². The molecule has 0 atom stereocenters. The van der Waals surface area contributed by atoms with Crippen LogP contribution in [0.2, 0.25) is 0 Å². The Morgan fingerprint density at radius 3 is 3.00 bits per heavy atom. The van der Waals surface area contributed by atoms with Gasteiger partial charge in [0.05, 0.1) is 11.4 Å². The summed E-state index contributed by atoms with van der Waals surface area (Å²) in [6.45, 7) is 2.89. The normalized spacial score (nSPS) is 14.9. The zero-order chi connectivity index (χ0) is 11.4. The Morgan fingerprint density at radius 2 is 2.31 bits per heavy atom. The van der Waals surface area contributed by atoms with Gasteiger partial charge in [-0.2, -0.15) is 0 Å². The molecule has 0 unspecified atom stereocenters. The highest BCUT2D eigenvalue weighted by molar-refractivity contribution is 5.49. The molecule has 0 aliphatic heterocycles. The molecule has 0 aromatic carbocycles. The Morgan fingerprint density at radius 1 is 1.44 bits per heavy atom. The van der Waals surface area contributed by atoms with Crippen LogP contribution in [0.1, 0.15) is 31.4 Å². The van der Waals surface area contributed by atoms with E-state index < -0.39 is 0 Å². The summed E-state index contributed by atoms with van der Waals surface area (Å²) in [5, 5.41) is 3.33. The summed E-state index contributed by atoms with van der Waals surface area (Å²) >= 11 is 0. The molecule has 0 saturated heterocycles. The predicted molar refractivity (Wildman–Crippen MR) is 68.4 cm³/mol. The number of hydrogen-bond donors (Lipinski definition) is 2. The van der Waals surface area contributed by atoms with Crippen LogP contribution in [-0.4, -0.2) is 11.5 Å². The number of anilines is 2. The fraction of sp³-hybridized carbons (Fsp3) is 0.462. The first-order valence-electron chi connectivity index (χ1n) is 5.90. The molecule has 1 aliphatic carbocycles. The number of allylic oxidation sites excluding steroid dienone is 1. The maximum absolute atomic E-state index is 5.72. The highest BCUT2D eigenvalue weighted by atomic mass is 15.0. The summed E-state index contributed by atoms with van der Waals surface area (Å²) in [5.41, 5.74) is 8.95. The summed E-state index contributed by atoms with van der Waals surface area (Å²) in [4.78, 5) is 4.38. The van der Waals surface area contributed by atoms with E-state index in [9.17, 15) is 0 Å². The molecule has 1 aliphatic rings. The molecule has 0 fully saturated rings. The van der Waals surface area contributed by atoms with Crippen molar-refractivity contribution in [2.45, 2.75) is 32.6 Å². The quantitative estimate of drug-likeness (QED) is 0.762. The van der Waals surface area contributed by atoms with Crippen LogP contribution in [0.5, 0.6) is 0 Å². The van der Waals surface area contributed by atoms with Gasteiger partial charge in [0.15, 0.2) is 0 Å². The van der Waals surface area contributed by atoms with Gasteiger partial charge in [-0.25, -0.2) is 4.98 Å². The van der Waals surface area contributed by atoms with Crippen molar-refractivity contribution in [1.29, 1.82) is 0 Å². The van der Waals surface area contributed by atoms with E-state index in [0.717, 1.165) is 30.2 Å². The Bertz CT molecular complexity index is 396. The van der Waals surface area contributed by atoms with Gasteiger partial charge in [-0.05, 0) is 44.7 Å². The van der Waals surface area contributed by atoms with Gasteiger partial charge in [0.1, 0.15) is 5.82 Å². The van der Waals surface area contributed by atoms with E-state index in [4.69, 9.17) is 5.73 Å². The summed E-state index contributed by atoms with van der Waals surface area (Å²) in [6, 6.07) is 3.84.